The Balaban J connectivity index is 1.38. The van der Waals surface area contributed by atoms with Gasteiger partial charge < -0.3 is 25.1 Å². The average Bonchev–Trinajstić information content (AvgIpc) is 3.43. The third-order valence-corrected chi connectivity index (χ3v) is 7.24. The summed E-state index contributed by atoms with van der Waals surface area (Å²) in [6.45, 7) is 9.16. The zero-order valence-electron chi connectivity index (χ0n) is 22.3. The maximum atomic E-state index is 12.9. The van der Waals surface area contributed by atoms with Crippen molar-refractivity contribution < 1.29 is 23.9 Å². The summed E-state index contributed by atoms with van der Waals surface area (Å²) in [6.07, 6.45) is 3.43. The molecule has 1 aromatic heterocycles. The Labute approximate surface area is 223 Å². The fourth-order valence-corrected chi connectivity index (χ4v) is 5.02. The Morgan fingerprint density at radius 3 is 2.39 bits per heavy atom. The quantitative estimate of drug-likeness (QED) is 0.369. The van der Waals surface area contributed by atoms with Gasteiger partial charge in [0.05, 0.1) is 11.8 Å². The molecular formula is C30H35N3O5. The van der Waals surface area contributed by atoms with Crippen LogP contribution in [-0.4, -0.2) is 47.0 Å². The number of nitrogens with zero attached hydrogens (tertiary/aromatic N) is 1. The predicted octanol–water partition coefficient (Wildman–Crippen LogP) is 6.04. The number of hydrogen-bond acceptors (Lipinski definition) is 4. The van der Waals surface area contributed by atoms with Gasteiger partial charge in [-0.15, -0.1) is 0 Å². The van der Waals surface area contributed by atoms with E-state index >= 15 is 0 Å². The Morgan fingerprint density at radius 2 is 1.76 bits per heavy atom. The molecule has 0 radical (unpaired) electrons. The average molecular weight is 518 g/mol. The zero-order valence-corrected chi connectivity index (χ0v) is 22.3. The van der Waals surface area contributed by atoms with Crippen molar-refractivity contribution in [1.29, 1.82) is 0 Å². The van der Waals surface area contributed by atoms with E-state index in [-0.39, 0.29) is 29.2 Å². The van der Waals surface area contributed by atoms with E-state index in [4.69, 9.17) is 4.42 Å². The van der Waals surface area contributed by atoms with Crippen LogP contribution < -0.4 is 10.6 Å². The van der Waals surface area contributed by atoms with Crippen molar-refractivity contribution in [3.8, 4) is 11.1 Å². The number of anilines is 1. The van der Waals surface area contributed by atoms with Crippen LogP contribution in [0.15, 0.2) is 65.5 Å². The second-order valence-electron chi connectivity index (χ2n) is 11.0. The topological polar surface area (TPSA) is 112 Å². The van der Waals surface area contributed by atoms with Gasteiger partial charge in [0.25, 0.3) is 11.8 Å². The molecule has 1 aliphatic rings. The number of carboxylic acid groups (broad SMARTS) is 1. The van der Waals surface area contributed by atoms with Crippen molar-refractivity contribution in [1.82, 2.24) is 10.2 Å². The Bertz CT molecular complexity index is 1290. The van der Waals surface area contributed by atoms with Gasteiger partial charge in [-0.1, -0.05) is 39.0 Å². The van der Waals surface area contributed by atoms with E-state index in [0.717, 1.165) is 29.5 Å². The summed E-state index contributed by atoms with van der Waals surface area (Å²) in [4.78, 5) is 38.4. The van der Waals surface area contributed by atoms with Gasteiger partial charge in [0, 0.05) is 30.4 Å². The summed E-state index contributed by atoms with van der Waals surface area (Å²) in [7, 11) is 0. The molecule has 0 bridgehead atoms. The molecule has 200 valence electrons. The van der Waals surface area contributed by atoms with E-state index in [9.17, 15) is 19.5 Å². The first-order valence-electron chi connectivity index (χ1n) is 12.9. The van der Waals surface area contributed by atoms with Crippen LogP contribution in [0.25, 0.3) is 11.1 Å². The maximum absolute atomic E-state index is 12.9. The third-order valence-electron chi connectivity index (χ3n) is 7.24. The molecule has 2 unspecified atom stereocenters. The number of rotatable bonds is 6. The van der Waals surface area contributed by atoms with E-state index in [1.54, 1.807) is 18.2 Å². The number of nitrogens with one attached hydrogen (secondary N) is 2. The largest absolute Gasteiger partial charge is 0.472 e. The van der Waals surface area contributed by atoms with Gasteiger partial charge in [-0.3, -0.25) is 9.59 Å². The normalized spacial score (nSPS) is 17.6. The van der Waals surface area contributed by atoms with Crippen LogP contribution in [0.1, 0.15) is 59.9 Å². The van der Waals surface area contributed by atoms with Crippen LogP contribution in [0.3, 0.4) is 0 Å². The van der Waals surface area contributed by atoms with E-state index in [2.05, 4.69) is 31.4 Å². The van der Waals surface area contributed by atoms with Crippen molar-refractivity contribution in [2.24, 2.45) is 11.3 Å². The zero-order chi connectivity index (χ0) is 27.4. The van der Waals surface area contributed by atoms with Gasteiger partial charge in [0.15, 0.2) is 0 Å². The lowest BCUT2D eigenvalue weighted by molar-refractivity contribution is 0.0402. The summed E-state index contributed by atoms with van der Waals surface area (Å²) >= 11 is 0. The molecule has 0 aliphatic carbocycles. The molecule has 0 spiro atoms. The molecule has 8 nitrogen and oxygen atoms in total. The van der Waals surface area contributed by atoms with Crippen molar-refractivity contribution in [3.05, 3.63) is 77.7 Å². The summed E-state index contributed by atoms with van der Waals surface area (Å²) in [5.74, 6) is -0.175. The van der Waals surface area contributed by atoms with Crippen molar-refractivity contribution in [3.63, 3.8) is 0 Å². The Hall–Kier alpha value is -4.07. The minimum atomic E-state index is -0.881. The highest BCUT2D eigenvalue weighted by Crippen LogP contribution is 2.34. The standard InChI is InChI=1S/C30H35N3O5/c1-19-5-10-24(32-28(35)23-12-14-38-18-23)16-25(19)21-6-8-22(9-7-21)27(34)31-17-20-11-13-33(29(36)37)26(15-20)30(2,3)4/h5-10,12,14,16,18,20,26H,11,13,15,17H2,1-4H3,(H,31,34)(H,32,35)(H,36,37). The predicted molar refractivity (Wildman–Crippen MR) is 146 cm³/mol. The first-order valence-corrected chi connectivity index (χ1v) is 12.9. The second-order valence-corrected chi connectivity index (χ2v) is 11.0. The number of furan rings is 1. The number of benzene rings is 2. The van der Waals surface area contributed by atoms with E-state index in [1.807, 2.05) is 37.3 Å². The minimum Gasteiger partial charge on any atom is -0.472 e. The van der Waals surface area contributed by atoms with Crippen LogP contribution in [-0.2, 0) is 0 Å². The highest BCUT2D eigenvalue weighted by Gasteiger charge is 2.38. The molecule has 2 atom stereocenters. The SMILES string of the molecule is Cc1ccc(NC(=O)c2ccoc2)cc1-c1ccc(C(=O)NCC2CCN(C(=O)O)C(C(C)(C)C)C2)cc1. The van der Waals surface area contributed by atoms with Gasteiger partial charge in [-0.2, -0.15) is 0 Å². The number of likely N-dealkylation sites (tertiary alicyclic amines) is 1. The molecule has 38 heavy (non-hydrogen) atoms. The Morgan fingerprint density at radius 1 is 1.03 bits per heavy atom. The second kappa shape index (κ2) is 11.1. The lowest BCUT2D eigenvalue weighted by Gasteiger charge is -2.44. The van der Waals surface area contributed by atoms with Crippen molar-refractivity contribution >= 4 is 23.6 Å². The van der Waals surface area contributed by atoms with Crippen molar-refractivity contribution in [2.75, 3.05) is 18.4 Å². The molecule has 1 aliphatic heterocycles. The molecule has 4 rings (SSSR count). The summed E-state index contributed by atoms with van der Waals surface area (Å²) in [5.41, 5.74) is 4.45. The first kappa shape index (κ1) is 27.0. The van der Waals surface area contributed by atoms with E-state index in [0.29, 0.717) is 29.9 Å². The van der Waals surface area contributed by atoms with E-state index in [1.165, 1.54) is 17.4 Å². The van der Waals surface area contributed by atoms with E-state index < -0.39 is 6.09 Å². The highest BCUT2D eigenvalue weighted by atomic mass is 16.4. The lowest BCUT2D eigenvalue weighted by atomic mass is 9.77. The first-order chi connectivity index (χ1) is 18.0. The number of amides is 3. The van der Waals surface area contributed by atoms with Crippen LogP contribution >= 0.6 is 0 Å². The molecule has 0 saturated carbocycles. The summed E-state index contributed by atoms with van der Waals surface area (Å²) in [5, 5.41) is 15.5. The van der Waals surface area contributed by atoms with Gasteiger partial charge in [-0.25, -0.2) is 4.79 Å². The fraction of sp³-hybridized carbons (Fsp3) is 0.367. The molecule has 3 amide bonds. The molecule has 3 aromatic rings. The molecule has 8 heteroatoms. The maximum Gasteiger partial charge on any atom is 0.407 e. The Kier molecular flexibility index (Phi) is 7.90. The van der Waals surface area contributed by atoms with Gasteiger partial charge in [-0.05, 0) is 78.1 Å². The molecule has 3 N–H and O–H groups in total. The number of hydrogen-bond donors (Lipinski definition) is 3. The lowest BCUT2D eigenvalue weighted by Crippen LogP contribution is -2.52. The van der Waals surface area contributed by atoms with Crippen LogP contribution in [0.5, 0.6) is 0 Å². The van der Waals surface area contributed by atoms with Crippen LogP contribution in [0.4, 0.5) is 10.5 Å². The van der Waals surface area contributed by atoms with Crippen molar-refractivity contribution in [2.45, 2.75) is 46.6 Å². The fourth-order valence-electron chi connectivity index (χ4n) is 5.02. The minimum absolute atomic E-state index is 0.0848. The summed E-state index contributed by atoms with van der Waals surface area (Å²) < 4.78 is 4.98. The van der Waals surface area contributed by atoms with Crippen LogP contribution in [0, 0.1) is 18.3 Å². The summed E-state index contributed by atoms with van der Waals surface area (Å²) in [6, 6.07) is 14.6. The van der Waals surface area contributed by atoms with Crippen LogP contribution in [0.2, 0.25) is 0 Å². The third kappa shape index (κ3) is 6.25. The number of piperidine rings is 1. The van der Waals surface area contributed by atoms with Gasteiger partial charge in [0.1, 0.15) is 6.26 Å². The molecular weight excluding hydrogens is 482 g/mol. The smallest absolute Gasteiger partial charge is 0.407 e. The molecule has 2 heterocycles. The number of aryl methyl sites for hydroxylation is 1. The number of carbonyl (C=O) groups excluding carboxylic acids is 2. The highest BCUT2D eigenvalue weighted by molar-refractivity contribution is 6.04. The molecule has 1 fully saturated rings. The molecule has 1 saturated heterocycles. The van der Waals surface area contributed by atoms with Gasteiger partial charge >= 0.3 is 6.09 Å². The monoisotopic (exact) mass is 517 g/mol. The number of carbonyl (C=O) groups is 3. The molecule has 2 aromatic carbocycles. The van der Waals surface area contributed by atoms with Gasteiger partial charge in [0.2, 0.25) is 0 Å².